The van der Waals surface area contributed by atoms with Gasteiger partial charge in [0.1, 0.15) is 11.5 Å². The Morgan fingerprint density at radius 2 is 1.75 bits per heavy atom. The first kappa shape index (κ1) is 22.9. The summed E-state index contributed by atoms with van der Waals surface area (Å²) in [7, 11) is 0. The summed E-state index contributed by atoms with van der Waals surface area (Å²) >= 11 is 0. The molecule has 1 heterocycles. The topological polar surface area (TPSA) is 29.5 Å². The van der Waals surface area contributed by atoms with Crippen LogP contribution in [-0.4, -0.2) is 36.9 Å². The van der Waals surface area contributed by atoms with Crippen molar-refractivity contribution in [3.05, 3.63) is 29.3 Å². The van der Waals surface area contributed by atoms with Crippen LogP contribution in [0, 0.1) is 6.92 Å². The molecule has 1 aromatic carbocycles. The van der Waals surface area contributed by atoms with Gasteiger partial charge in [-0.1, -0.05) is 57.7 Å². The molecule has 1 aliphatic rings. The Labute approximate surface area is 172 Å². The number of benzene rings is 1. The quantitative estimate of drug-likeness (QED) is 0.507. The molecule has 1 aliphatic heterocycles. The molecule has 3 heteroatoms. The zero-order valence-corrected chi connectivity index (χ0v) is 18.7. The molecule has 0 bridgehead atoms. The molecule has 1 aromatic rings. The standard InChI is InChI=1S/C25H41NO2/c1-21-13-14-24(23(20-21)25(2,3)4)28-19-11-6-5-9-16-26-17-10-7-8-12-22(27)15-18-26/h13-14,20H,5-12,15-19H2,1-4H3. The normalized spacial score (nSPS) is 17.1. The minimum absolute atomic E-state index is 0.105. The second-order valence-electron chi connectivity index (χ2n) is 9.45. The maximum atomic E-state index is 11.8. The summed E-state index contributed by atoms with van der Waals surface area (Å²) in [5, 5.41) is 0. The minimum atomic E-state index is 0.105. The van der Waals surface area contributed by atoms with E-state index in [1.165, 1.54) is 49.8 Å². The van der Waals surface area contributed by atoms with Crippen molar-refractivity contribution in [1.29, 1.82) is 0 Å². The van der Waals surface area contributed by atoms with Crippen molar-refractivity contribution in [1.82, 2.24) is 4.90 Å². The maximum Gasteiger partial charge on any atom is 0.134 e. The molecule has 0 unspecified atom stereocenters. The van der Waals surface area contributed by atoms with Gasteiger partial charge in [0, 0.05) is 19.4 Å². The lowest BCUT2D eigenvalue weighted by Crippen LogP contribution is -2.28. The average molecular weight is 388 g/mol. The Balaban J connectivity index is 1.64. The lowest BCUT2D eigenvalue weighted by molar-refractivity contribution is -0.119. The average Bonchev–Trinajstić information content (AvgIpc) is 2.73. The fraction of sp³-hybridized carbons (Fsp3) is 0.720. The van der Waals surface area contributed by atoms with Gasteiger partial charge >= 0.3 is 0 Å². The van der Waals surface area contributed by atoms with Crippen molar-refractivity contribution >= 4 is 5.78 Å². The molecule has 28 heavy (non-hydrogen) atoms. The highest BCUT2D eigenvalue weighted by molar-refractivity contribution is 5.78. The molecule has 2 rings (SSSR count). The highest BCUT2D eigenvalue weighted by atomic mass is 16.5. The number of carbonyl (C=O) groups excluding carboxylic acids is 1. The van der Waals surface area contributed by atoms with E-state index < -0.39 is 0 Å². The molecule has 0 N–H and O–H groups in total. The van der Waals surface area contributed by atoms with Gasteiger partial charge in [-0.2, -0.15) is 0 Å². The number of nitrogens with zero attached hydrogens (tertiary/aromatic N) is 1. The maximum absolute atomic E-state index is 11.8. The van der Waals surface area contributed by atoms with Gasteiger partial charge < -0.3 is 9.64 Å². The predicted octanol–water partition coefficient (Wildman–Crippen LogP) is 6.07. The second-order valence-corrected chi connectivity index (χ2v) is 9.45. The number of rotatable bonds is 8. The Bertz CT molecular complexity index is 603. The first-order valence-corrected chi connectivity index (χ1v) is 11.3. The van der Waals surface area contributed by atoms with Crippen LogP contribution in [0.4, 0.5) is 0 Å². The molecular weight excluding hydrogens is 346 g/mol. The van der Waals surface area contributed by atoms with E-state index >= 15 is 0 Å². The summed E-state index contributed by atoms with van der Waals surface area (Å²) in [5.41, 5.74) is 2.70. The first-order chi connectivity index (χ1) is 13.4. The van der Waals surface area contributed by atoms with Gasteiger partial charge in [0.15, 0.2) is 0 Å². The van der Waals surface area contributed by atoms with Crippen LogP contribution in [0.2, 0.25) is 0 Å². The fourth-order valence-electron chi connectivity index (χ4n) is 3.91. The zero-order valence-electron chi connectivity index (χ0n) is 18.7. The summed E-state index contributed by atoms with van der Waals surface area (Å²) in [4.78, 5) is 14.3. The Morgan fingerprint density at radius 3 is 2.54 bits per heavy atom. The monoisotopic (exact) mass is 387 g/mol. The van der Waals surface area contributed by atoms with Crippen molar-refractivity contribution in [3.8, 4) is 5.75 Å². The predicted molar refractivity (Wildman–Crippen MR) is 118 cm³/mol. The lowest BCUT2D eigenvalue weighted by Gasteiger charge is -2.23. The van der Waals surface area contributed by atoms with Crippen LogP contribution >= 0.6 is 0 Å². The summed E-state index contributed by atoms with van der Waals surface area (Å²) in [6, 6.07) is 6.52. The third-order valence-electron chi connectivity index (χ3n) is 5.71. The molecule has 1 fully saturated rings. The molecule has 1 saturated heterocycles. The summed E-state index contributed by atoms with van der Waals surface area (Å²) in [6.07, 6.45) is 9.87. The van der Waals surface area contributed by atoms with Crippen LogP contribution in [0.1, 0.15) is 89.7 Å². The van der Waals surface area contributed by atoms with Crippen LogP contribution in [0.15, 0.2) is 18.2 Å². The van der Waals surface area contributed by atoms with Gasteiger partial charge in [-0.25, -0.2) is 0 Å². The van der Waals surface area contributed by atoms with Gasteiger partial charge in [0.05, 0.1) is 6.61 Å². The van der Waals surface area contributed by atoms with E-state index in [9.17, 15) is 4.79 Å². The molecule has 0 aliphatic carbocycles. The van der Waals surface area contributed by atoms with E-state index in [-0.39, 0.29) is 5.41 Å². The number of ether oxygens (including phenoxy) is 1. The zero-order chi connectivity index (χ0) is 20.4. The van der Waals surface area contributed by atoms with Gasteiger partial charge in [-0.3, -0.25) is 4.79 Å². The summed E-state index contributed by atoms with van der Waals surface area (Å²) < 4.78 is 6.12. The minimum Gasteiger partial charge on any atom is -0.493 e. The molecule has 0 amide bonds. The smallest absolute Gasteiger partial charge is 0.134 e. The van der Waals surface area contributed by atoms with Crippen LogP contribution in [-0.2, 0) is 10.2 Å². The Morgan fingerprint density at radius 1 is 0.964 bits per heavy atom. The van der Waals surface area contributed by atoms with E-state index in [1.54, 1.807) is 0 Å². The van der Waals surface area contributed by atoms with E-state index in [4.69, 9.17) is 4.74 Å². The van der Waals surface area contributed by atoms with E-state index in [2.05, 4.69) is 50.8 Å². The number of unbranched alkanes of at least 4 members (excludes halogenated alkanes) is 3. The summed E-state index contributed by atoms with van der Waals surface area (Å²) in [5.74, 6) is 1.49. The number of hydrogen-bond donors (Lipinski definition) is 0. The number of hydrogen-bond acceptors (Lipinski definition) is 3. The molecule has 158 valence electrons. The number of carbonyl (C=O) groups is 1. The van der Waals surface area contributed by atoms with Gasteiger partial charge in [0.25, 0.3) is 0 Å². The first-order valence-electron chi connectivity index (χ1n) is 11.3. The third kappa shape index (κ3) is 8.34. The van der Waals surface area contributed by atoms with Crippen molar-refractivity contribution in [3.63, 3.8) is 0 Å². The molecule has 3 nitrogen and oxygen atoms in total. The second kappa shape index (κ2) is 11.6. The molecule has 0 spiro atoms. The van der Waals surface area contributed by atoms with Crippen LogP contribution < -0.4 is 4.74 Å². The third-order valence-corrected chi connectivity index (χ3v) is 5.71. The van der Waals surface area contributed by atoms with Crippen LogP contribution in [0.5, 0.6) is 5.75 Å². The van der Waals surface area contributed by atoms with Crippen molar-refractivity contribution in [2.75, 3.05) is 26.2 Å². The van der Waals surface area contributed by atoms with E-state index in [0.29, 0.717) is 5.78 Å². The molecule has 0 atom stereocenters. The lowest BCUT2D eigenvalue weighted by atomic mass is 9.85. The van der Waals surface area contributed by atoms with Gasteiger partial charge in [0.2, 0.25) is 0 Å². The van der Waals surface area contributed by atoms with Crippen molar-refractivity contribution in [2.45, 2.75) is 90.9 Å². The largest absolute Gasteiger partial charge is 0.493 e. The number of ketones is 1. The van der Waals surface area contributed by atoms with E-state index in [1.807, 2.05) is 0 Å². The molecule has 0 aromatic heterocycles. The van der Waals surface area contributed by atoms with Crippen molar-refractivity contribution in [2.24, 2.45) is 0 Å². The summed E-state index contributed by atoms with van der Waals surface area (Å²) in [6.45, 7) is 12.9. The van der Waals surface area contributed by atoms with Gasteiger partial charge in [-0.15, -0.1) is 0 Å². The highest BCUT2D eigenvalue weighted by Gasteiger charge is 2.19. The van der Waals surface area contributed by atoms with Crippen molar-refractivity contribution < 1.29 is 9.53 Å². The number of aryl methyl sites for hydroxylation is 1. The van der Waals surface area contributed by atoms with E-state index in [0.717, 1.165) is 51.1 Å². The number of Topliss-reactive ketones (excluding diaryl/α,β-unsaturated/α-hetero) is 1. The highest BCUT2D eigenvalue weighted by Crippen LogP contribution is 2.32. The fourth-order valence-corrected chi connectivity index (χ4v) is 3.91. The molecular formula is C25H41NO2. The van der Waals surface area contributed by atoms with Crippen LogP contribution in [0.25, 0.3) is 0 Å². The Hall–Kier alpha value is -1.35. The Kier molecular flexibility index (Phi) is 9.50. The van der Waals surface area contributed by atoms with Gasteiger partial charge in [-0.05, 0) is 62.7 Å². The molecule has 0 saturated carbocycles. The SMILES string of the molecule is Cc1ccc(OCCCCCCN2CCCCCC(=O)CC2)c(C(C)(C)C)c1. The molecule has 0 radical (unpaired) electrons. The van der Waals surface area contributed by atoms with Crippen LogP contribution in [0.3, 0.4) is 0 Å².